The number of methoxy groups -OCH3 is 1. The van der Waals surface area contributed by atoms with E-state index in [0.29, 0.717) is 23.5 Å². The zero-order chi connectivity index (χ0) is 20.8. The molecule has 3 rings (SSSR count). The van der Waals surface area contributed by atoms with Crippen LogP contribution < -0.4 is 15.4 Å². The van der Waals surface area contributed by atoms with Gasteiger partial charge in [-0.3, -0.25) is 14.6 Å². The van der Waals surface area contributed by atoms with Crippen LogP contribution in [0.3, 0.4) is 0 Å². The van der Waals surface area contributed by atoms with Crippen LogP contribution in [0.2, 0.25) is 0 Å². The lowest BCUT2D eigenvalue weighted by Gasteiger charge is -2.11. The molecule has 2 aromatic carbocycles. The van der Waals surface area contributed by atoms with Crippen molar-refractivity contribution < 1.29 is 14.3 Å². The molecule has 0 saturated heterocycles. The van der Waals surface area contributed by atoms with Crippen LogP contribution in [-0.4, -0.2) is 23.9 Å². The lowest BCUT2D eigenvalue weighted by Crippen LogP contribution is -2.24. The van der Waals surface area contributed by atoms with Gasteiger partial charge in [0.15, 0.2) is 0 Å². The van der Waals surface area contributed by atoms with Crippen molar-refractivity contribution in [3.8, 4) is 5.75 Å². The number of ether oxygens (including phenoxy) is 1. The fourth-order valence-corrected chi connectivity index (χ4v) is 2.88. The first-order valence-corrected chi connectivity index (χ1v) is 9.22. The van der Waals surface area contributed by atoms with Gasteiger partial charge in [0.05, 0.1) is 12.8 Å². The van der Waals surface area contributed by atoms with E-state index in [4.69, 9.17) is 4.74 Å². The molecule has 0 aliphatic rings. The highest BCUT2D eigenvalue weighted by molar-refractivity contribution is 6.06. The summed E-state index contributed by atoms with van der Waals surface area (Å²) in [5.41, 5.74) is 4.21. The summed E-state index contributed by atoms with van der Waals surface area (Å²) in [4.78, 5) is 29.2. The van der Waals surface area contributed by atoms with Gasteiger partial charge in [0.2, 0.25) is 0 Å². The number of carbonyl (C=O) groups excluding carboxylic acids is 2. The number of hydrogen-bond acceptors (Lipinski definition) is 4. The average molecular weight is 389 g/mol. The van der Waals surface area contributed by atoms with Gasteiger partial charge in [-0.25, -0.2) is 0 Å². The molecule has 0 aliphatic heterocycles. The molecule has 0 spiro atoms. The molecule has 3 aromatic rings. The summed E-state index contributed by atoms with van der Waals surface area (Å²) in [6.07, 6.45) is 1.45. The molecule has 148 valence electrons. The maximum Gasteiger partial charge on any atom is 0.270 e. The zero-order valence-corrected chi connectivity index (χ0v) is 16.7. The Morgan fingerprint density at radius 1 is 1.00 bits per heavy atom. The maximum atomic E-state index is 12.7. The quantitative estimate of drug-likeness (QED) is 0.670. The Kier molecular flexibility index (Phi) is 6.24. The van der Waals surface area contributed by atoms with Gasteiger partial charge in [0.1, 0.15) is 11.4 Å². The van der Waals surface area contributed by atoms with Gasteiger partial charge in [-0.15, -0.1) is 0 Å². The average Bonchev–Trinajstić information content (AvgIpc) is 2.73. The zero-order valence-electron chi connectivity index (χ0n) is 16.7. The minimum Gasteiger partial charge on any atom is -0.495 e. The Morgan fingerprint density at radius 2 is 1.79 bits per heavy atom. The van der Waals surface area contributed by atoms with E-state index in [1.165, 1.54) is 12.3 Å². The molecule has 2 amide bonds. The summed E-state index contributed by atoms with van der Waals surface area (Å²) < 4.78 is 5.29. The second-order valence-corrected chi connectivity index (χ2v) is 6.70. The van der Waals surface area contributed by atoms with Crippen molar-refractivity contribution in [1.82, 2.24) is 10.3 Å². The highest BCUT2D eigenvalue weighted by Crippen LogP contribution is 2.25. The van der Waals surface area contributed by atoms with Crippen molar-refractivity contribution in [3.63, 3.8) is 0 Å². The predicted octanol–water partition coefficient (Wildman–Crippen LogP) is 3.89. The summed E-state index contributed by atoms with van der Waals surface area (Å²) in [7, 11) is 1.55. The number of carbonyl (C=O) groups is 2. The monoisotopic (exact) mass is 389 g/mol. The van der Waals surface area contributed by atoms with Crippen LogP contribution in [-0.2, 0) is 6.54 Å². The van der Waals surface area contributed by atoms with Crippen LogP contribution in [0.15, 0.2) is 60.8 Å². The van der Waals surface area contributed by atoms with Gasteiger partial charge in [-0.05, 0) is 54.8 Å². The molecule has 0 bridgehead atoms. The number of nitrogens with one attached hydrogen (secondary N) is 2. The van der Waals surface area contributed by atoms with Crippen molar-refractivity contribution in [1.29, 1.82) is 0 Å². The molecule has 2 N–H and O–H groups in total. The highest BCUT2D eigenvalue weighted by atomic mass is 16.5. The minimum absolute atomic E-state index is 0.183. The number of nitrogens with zero attached hydrogens (tertiary/aromatic N) is 1. The Bertz CT molecular complexity index is 1050. The first-order valence-electron chi connectivity index (χ1n) is 9.22. The molecule has 0 saturated carbocycles. The van der Waals surface area contributed by atoms with Gasteiger partial charge in [0.25, 0.3) is 11.8 Å². The van der Waals surface area contributed by atoms with E-state index in [0.717, 1.165) is 16.7 Å². The third-order valence-corrected chi connectivity index (χ3v) is 4.56. The van der Waals surface area contributed by atoms with E-state index >= 15 is 0 Å². The molecule has 0 radical (unpaired) electrons. The largest absolute Gasteiger partial charge is 0.495 e. The topological polar surface area (TPSA) is 80.3 Å². The lowest BCUT2D eigenvalue weighted by atomic mass is 10.1. The summed E-state index contributed by atoms with van der Waals surface area (Å²) in [6, 6.07) is 16.4. The summed E-state index contributed by atoms with van der Waals surface area (Å²) in [5.74, 6) is -0.116. The van der Waals surface area contributed by atoms with Gasteiger partial charge >= 0.3 is 0 Å². The number of hydrogen-bond donors (Lipinski definition) is 2. The van der Waals surface area contributed by atoms with Gasteiger partial charge in [-0.1, -0.05) is 30.3 Å². The minimum atomic E-state index is -0.343. The first kappa shape index (κ1) is 20.1. The molecule has 1 aromatic heterocycles. The number of anilines is 1. The number of amides is 2. The van der Waals surface area contributed by atoms with Gasteiger partial charge < -0.3 is 15.4 Å². The third-order valence-electron chi connectivity index (χ3n) is 4.56. The second-order valence-electron chi connectivity index (χ2n) is 6.70. The van der Waals surface area contributed by atoms with E-state index < -0.39 is 0 Å². The van der Waals surface area contributed by atoms with Crippen LogP contribution >= 0.6 is 0 Å². The Labute approximate surface area is 169 Å². The molecular formula is C23H23N3O3. The molecular weight excluding hydrogens is 366 g/mol. The van der Waals surface area contributed by atoms with Crippen molar-refractivity contribution >= 4 is 17.5 Å². The summed E-state index contributed by atoms with van der Waals surface area (Å²) in [5, 5.41) is 5.67. The van der Waals surface area contributed by atoms with Crippen LogP contribution in [0.1, 0.15) is 37.5 Å². The van der Waals surface area contributed by atoms with E-state index in [1.807, 2.05) is 50.2 Å². The Balaban J connectivity index is 1.72. The number of pyridine rings is 1. The number of aromatic nitrogens is 1. The number of rotatable bonds is 6. The molecule has 0 unspecified atom stereocenters. The third kappa shape index (κ3) is 4.99. The smallest absolute Gasteiger partial charge is 0.270 e. The fraction of sp³-hybridized carbons (Fsp3) is 0.174. The van der Waals surface area contributed by atoms with E-state index in [2.05, 4.69) is 15.6 Å². The molecule has 0 fully saturated rings. The Morgan fingerprint density at radius 3 is 2.55 bits per heavy atom. The molecule has 0 aliphatic carbocycles. The van der Waals surface area contributed by atoms with Crippen molar-refractivity contribution in [2.75, 3.05) is 12.4 Å². The van der Waals surface area contributed by atoms with Crippen molar-refractivity contribution in [2.45, 2.75) is 20.4 Å². The molecule has 0 atom stereocenters. The van der Waals surface area contributed by atoms with E-state index in [-0.39, 0.29) is 17.5 Å². The summed E-state index contributed by atoms with van der Waals surface area (Å²) >= 11 is 0. The first-order chi connectivity index (χ1) is 14.0. The van der Waals surface area contributed by atoms with Crippen molar-refractivity contribution in [3.05, 3.63) is 88.7 Å². The highest BCUT2D eigenvalue weighted by Gasteiger charge is 2.14. The number of benzene rings is 2. The fourth-order valence-electron chi connectivity index (χ4n) is 2.88. The number of aryl methyl sites for hydroxylation is 2. The van der Waals surface area contributed by atoms with Crippen molar-refractivity contribution in [2.24, 2.45) is 0 Å². The summed E-state index contributed by atoms with van der Waals surface area (Å²) in [6.45, 7) is 4.31. The Hall–Kier alpha value is -3.67. The van der Waals surface area contributed by atoms with Crippen LogP contribution in [0.5, 0.6) is 5.75 Å². The molecule has 1 heterocycles. The standard InChI is InChI=1S/C23H23N3O3/c1-15-8-9-21(29-3)19(12-15)26-22(27)17-10-11-24-20(13-17)23(28)25-14-18-7-5-4-6-16(18)2/h4-13H,14H2,1-3H3,(H,25,28)(H,26,27). The van der Waals surface area contributed by atoms with Gasteiger partial charge in [-0.2, -0.15) is 0 Å². The van der Waals surface area contributed by atoms with Crippen LogP contribution in [0.4, 0.5) is 5.69 Å². The van der Waals surface area contributed by atoms with E-state index in [1.54, 1.807) is 19.2 Å². The second kappa shape index (κ2) is 9.01. The van der Waals surface area contributed by atoms with Crippen LogP contribution in [0.25, 0.3) is 0 Å². The SMILES string of the molecule is COc1ccc(C)cc1NC(=O)c1ccnc(C(=O)NCc2ccccc2C)c1. The molecule has 6 nitrogen and oxygen atoms in total. The molecule has 29 heavy (non-hydrogen) atoms. The lowest BCUT2D eigenvalue weighted by molar-refractivity contribution is 0.0946. The van der Waals surface area contributed by atoms with Crippen LogP contribution in [0, 0.1) is 13.8 Å². The van der Waals surface area contributed by atoms with Gasteiger partial charge in [0, 0.05) is 18.3 Å². The van der Waals surface area contributed by atoms with E-state index in [9.17, 15) is 9.59 Å². The molecule has 6 heteroatoms. The maximum absolute atomic E-state index is 12.7. The normalized spacial score (nSPS) is 10.3. The predicted molar refractivity (Wildman–Crippen MR) is 112 cm³/mol.